The van der Waals surface area contributed by atoms with Crippen LogP contribution < -0.4 is 18.9 Å². The van der Waals surface area contributed by atoms with Gasteiger partial charge in [0.25, 0.3) is 0 Å². The van der Waals surface area contributed by atoms with Gasteiger partial charge in [0.2, 0.25) is 0 Å². The first-order chi connectivity index (χ1) is 20.5. The van der Waals surface area contributed by atoms with Gasteiger partial charge in [-0.1, -0.05) is 0 Å². The predicted molar refractivity (Wildman–Crippen MR) is 171 cm³/mol. The molecule has 10 nitrogen and oxygen atoms in total. The molecule has 0 amide bonds. The second kappa shape index (κ2) is 21.9. The Hall–Kier alpha value is -0.680. The Morgan fingerprint density at radius 2 is 0.452 bits per heavy atom. The van der Waals surface area contributed by atoms with Crippen LogP contribution in [0.15, 0.2) is 42.2 Å². The average molecular weight is 852 g/mol. The highest BCUT2D eigenvalue weighted by atomic mass is 79.9. The lowest BCUT2D eigenvalue weighted by molar-refractivity contribution is 0.00247. The number of fused-ring (bicyclic) bond motifs is 2. The summed E-state index contributed by atoms with van der Waals surface area (Å²) in [6.07, 6.45) is 0. The number of hydrogen-bond acceptors (Lipinski definition) is 10. The molecular weight excluding hydrogens is 816 g/mol. The van der Waals surface area contributed by atoms with Crippen molar-refractivity contribution in [2.75, 3.05) is 106 Å². The van der Waals surface area contributed by atoms with Crippen molar-refractivity contribution in [2.24, 2.45) is 0 Å². The topological polar surface area (TPSA) is 92.3 Å². The van der Waals surface area contributed by atoms with Gasteiger partial charge in [-0.15, -0.1) is 0 Å². The zero-order valence-corrected chi connectivity index (χ0v) is 29.6. The first-order valence-electron chi connectivity index (χ1n) is 13.5. The molecule has 1 heterocycles. The molecule has 0 saturated carbocycles. The van der Waals surface area contributed by atoms with Crippen LogP contribution in [0.5, 0.6) is 23.0 Å². The molecule has 2 aromatic carbocycles. The zero-order valence-electron chi connectivity index (χ0n) is 23.2. The molecule has 14 heteroatoms. The minimum Gasteiger partial charge on any atom is -0.487 e. The highest BCUT2D eigenvalue weighted by Gasteiger charge is 2.12. The van der Waals surface area contributed by atoms with Crippen LogP contribution >= 0.6 is 63.7 Å². The number of benzene rings is 2. The molecule has 3 rings (SSSR count). The molecule has 1 aliphatic heterocycles. The molecule has 0 aromatic heterocycles. The third kappa shape index (κ3) is 14.4. The van der Waals surface area contributed by atoms with E-state index in [1.54, 1.807) is 0 Å². The Labute approximate surface area is 280 Å². The molecule has 0 bridgehead atoms. The SMILES string of the molecule is Brc1cc2c(cc1Br)OCCOCCOCCOCCOc1cc(Br)c(Br)cc1OCCOCCOCCOCCO2. The van der Waals surface area contributed by atoms with E-state index >= 15 is 0 Å². The maximum absolute atomic E-state index is 5.89. The van der Waals surface area contributed by atoms with E-state index in [9.17, 15) is 0 Å². The van der Waals surface area contributed by atoms with E-state index in [0.29, 0.717) is 129 Å². The van der Waals surface area contributed by atoms with E-state index in [-0.39, 0.29) is 0 Å². The number of ether oxygens (including phenoxy) is 10. The van der Waals surface area contributed by atoms with Crippen LogP contribution in [0.2, 0.25) is 0 Å². The second-order valence-corrected chi connectivity index (χ2v) is 11.9. The minimum absolute atomic E-state index is 0.368. The smallest absolute Gasteiger partial charge is 0.162 e. The summed E-state index contributed by atoms with van der Waals surface area (Å²) in [5.41, 5.74) is 0. The highest BCUT2D eigenvalue weighted by Crippen LogP contribution is 2.37. The lowest BCUT2D eigenvalue weighted by Crippen LogP contribution is -2.15. The van der Waals surface area contributed by atoms with Crippen molar-refractivity contribution < 1.29 is 47.4 Å². The van der Waals surface area contributed by atoms with Gasteiger partial charge in [-0.05, 0) is 88.0 Å². The van der Waals surface area contributed by atoms with Gasteiger partial charge in [-0.2, -0.15) is 0 Å². The summed E-state index contributed by atoms with van der Waals surface area (Å²) in [4.78, 5) is 0. The van der Waals surface area contributed by atoms with Crippen molar-refractivity contribution in [3.05, 3.63) is 42.2 Å². The first kappa shape index (κ1) is 35.8. The molecule has 2 aromatic rings. The Balaban J connectivity index is 1.44. The molecule has 0 atom stereocenters. The van der Waals surface area contributed by atoms with Crippen LogP contribution in [-0.4, -0.2) is 106 Å². The number of halogens is 4. The number of rotatable bonds is 0. The molecule has 0 N–H and O–H groups in total. The van der Waals surface area contributed by atoms with Crippen molar-refractivity contribution in [3.63, 3.8) is 0 Å². The summed E-state index contributed by atoms with van der Waals surface area (Å²) < 4.78 is 60.7. The van der Waals surface area contributed by atoms with E-state index in [1.165, 1.54) is 0 Å². The zero-order chi connectivity index (χ0) is 29.8. The Morgan fingerprint density at radius 3 is 0.643 bits per heavy atom. The lowest BCUT2D eigenvalue weighted by Gasteiger charge is -2.15. The van der Waals surface area contributed by atoms with Gasteiger partial charge in [0.05, 0.1) is 79.3 Å². The molecular formula is C28H36Br4O10. The van der Waals surface area contributed by atoms with Crippen LogP contribution in [0, 0.1) is 0 Å². The largest absolute Gasteiger partial charge is 0.487 e. The minimum atomic E-state index is 0.368. The fourth-order valence-corrected chi connectivity index (χ4v) is 4.69. The van der Waals surface area contributed by atoms with Gasteiger partial charge >= 0.3 is 0 Å². The van der Waals surface area contributed by atoms with E-state index in [4.69, 9.17) is 47.4 Å². The van der Waals surface area contributed by atoms with Gasteiger partial charge in [0.1, 0.15) is 26.4 Å². The average Bonchev–Trinajstić information content (AvgIpc) is 2.97. The van der Waals surface area contributed by atoms with E-state index in [1.807, 2.05) is 24.3 Å². The van der Waals surface area contributed by atoms with Crippen LogP contribution in [-0.2, 0) is 28.4 Å². The highest BCUT2D eigenvalue weighted by molar-refractivity contribution is 9.13. The molecule has 236 valence electrons. The van der Waals surface area contributed by atoms with Gasteiger partial charge < -0.3 is 47.4 Å². The maximum atomic E-state index is 5.89. The predicted octanol–water partition coefficient (Wildman–Crippen LogP) is 6.07. The lowest BCUT2D eigenvalue weighted by atomic mass is 10.3. The summed E-state index contributed by atoms with van der Waals surface area (Å²) in [5, 5.41) is 0. The van der Waals surface area contributed by atoms with E-state index < -0.39 is 0 Å². The molecule has 0 radical (unpaired) electrons. The van der Waals surface area contributed by atoms with Crippen molar-refractivity contribution in [1.82, 2.24) is 0 Å². The second-order valence-electron chi connectivity index (χ2n) is 8.49. The molecule has 0 saturated heterocycles. The molecule has 0 unspecified atom stereocenters. The molecule has 0 spiro atoms. The van der Waals surface area contributed by atoms with E-state index in [0.717, 1.165) is 17.9 Å². The first-order valence-corrected chi connectivity index (χ1v) is 16.7. The normalized spacial score (nSPS) is 18.6. The quantitative estimate of drug-likeness (QED) is 0.312. The molecule has 0 aliphatic carbocycles. The summed E-state index contributed by atoms with van der Waals surface area (Å²) in [7, 11) is 0. The third-order valence-electron chi connectivity index (χ3n) is 5.40. The van der Waals surface area contributed by atoms with Crippen molar-refractivity contribution in [1.29, 1.82) is 0 Å². The molecule has 0 fully saturated rings. The summed E-state index contributed by atoms with van der Waals surface area (Å²) in [6, 6.07) is 7.43. The summed E-state index contributed by atoms with van der Waals surface area (Å²) in [6.45, 7) is 6.76. The Bertz CT molecular complexity index is 887. The maximum Gasteiger partial charge on any atom is 0.162 e. The van der Waals surface area contributed by atoms with E-state index in [2.05, 4.69) is 63.7 Å². The Kier molecular flexibility index (Phi) is 18.7. The van der Waals surface area contributed by atoms with Crippen molar-refractivity contribution >= 4 is 63.7 Å². The van der Waals surface area contributed by atoms with Gasteiger partial charge in [0, 0.05) is 17.9 Å². The fraction of sp³-hybridized carbons (Fsp3) is 0.571. The molecule has 1 aliphatic rings. The summed E-state index contributed by atoms with van der Waals surface area (Å²) >= 11 is 14.0. The standard InChI is InChI=1S/C28H36Br4O10/c29-21-17-25-26(18-22(21)30)41-15-11-37-7-3-34-4-8-38-12-16-42-28-20-24(32)23(31)19-27(28)40-14-10-36-6-2-33-1-5-35-9-13-39-25/h17-20H,1-16H2. The Morgan fingerprint density at radius 1 is 0.286 bits per heavy atom. The van der Waals surface area contributed by atoms with Crippen molar-refractivity contribution in [2.45, 2.75) is 0 Å². The van der Waals surface area contributed by atoms with Crippen LogP contribution in [0.25, 0.3) is 0 Å². The molecule has 42 heavy (non-hydrogen) atoms. The van der Waals surface area contributed by atoms with Gasteiger partial charge in [-0.3, -0.25) is 0 Å². The van der Waals surface area contributed by atoms with Gasteiger partial charge in [-0.25, -0.2) is 0 Å². The number of hydrogen-bond donors (Lipinski definition) is 0. The van der Waals surface area contributed by atoms with Crippen LogP contribution in [0.1, 0.15) is 0 Å². The summed E-state index contributed by atoms with van der Waals surface area (Å²) in [5.74, 6) is 2.46. The third-order valence-corrected chi connectivity index (χ3v) is 9.09. The van der Waals surface area contributed by atoms with Crippen LogP contribution in [0.4, 0.5) is 0 Å². The monoisotopic (exact) mass is 848 g/mol. The van der Waals surface area contributed by atoms with Crippen LogP contribution in [0.3, 0.4) is 0 Å². The fourth-order valence-electron chi connectivity index (χ4n) is 3.40. The van der Waals surface area contributed by atoms with Crippen molar-refractivity contribution in [3.8, 4) is 23.0 Å². The van der Waals surface area contributed by atoms with Gasteiger partial charge in [0.15, 0.2) is 23.0 Å².